The molecule has 0 aliphatic heterocycles. The van der Waals surface area contributed by atoms with Gasteiger partial charge < -0.3 is 10.1 Å². The Kier molecular flexibility index (Phi) is 5.77. The Hall–Kier alpha value is -3.24. The molecular weight excluding hydrogens is 470 g/mol. The van der Waals surface area contributed by atoms with Crippen LogP contribution in [0, 0.1) is 0 Å². The number of esters is 1. The number of ether oxygens (including phenoxy) is 1. The first-order valence-electron chi connectivity index (χ1n) is 8.97. The van der Waals surface area contributed by atoms with Crippen LogP contribution in [0.15, 0.2) is 58.6 Å². The summed E-state index contributed by atoms with van der Waals surface area (Å²) in [5, 5.41) is 7.15. The largest absolute Gasteiger partial charge is 0.461 e. The lowest BCUT2D eigenvalue weighted by molar-refractivity contribution is 0.0518. The summed E-state index contributed by atoms with van der Waals surface area (Å²) in [4.78, 5) is 33.5. The number of hydrogen-bond acceptors (Lipinski definition) is 6. The summed E-state index contributed by atoms with van der Waals surface area (Å²) in [6.07, 6.45) is 3.40. The van der Waals surface area contributed by atoms with Crippen molar-refractivity contribution < 1.29 is 14.3 Å². The Morgan fingerprint density at radius 2 is 1.97 bits per heavy atom. The number of aromatic nitrogens is 3. The van der Waals surface area contributed by atoms with Crippen LogP contribution in [0.3, 0.4) is 0 Å². The SMILES string of the molecule is CCOC(=O)c1csc2nc(-c3ccc(NC(=O)Nc4ccc(Br)cn4)cc3)cn12. The molecule has 30 heavy (non-hydrogen) atoms. The number of pyridine rings is 1. The molecule has 3 aromatic heterocycles. The number of anilines is 2. The van der Waals surface area contributed by atoms with Crippen molar-refractivity contribution in [1.29, 1.82) is 0 Å². The highest BCUT2D eigenvalue weighted by molar-refractivity contribution is 9.10. The normalized spacial score (nSPS) is 10.7. The smallest absolute Gasteiger partial charge is 0.356 e. The summed E-state index contributed by atoms with van der Waals surface area (Å²) in [5.41, 5.74) is 2.66. The average molecular weight is 486 g/mol. The van der Waals surface area contributed by atoms with E-state index in [9.17, 15) is 9.59 Å². The third-order valence-electron chi connectivity index (χ3n) is 4.10. The van der Waals surface area contributed by atoms with Gasteiger partial charge in [0, 0.05) is 33.5 Å². The van der Waals surface area contributed by atoms with Gasteiger partial charge in [0.05, 0.1) is 12.3 Å². The molecule has 8 nitrogen and oxygen atoms in total. The predicted molar refractivity (Wildman–Crippen MR) is 119 cm³/mol. The number of urea groups is 1. The van der Waals surface area contributed by atoms with E-state index in [1.807, 2.05) is 12.1 Å². The van der Waals surface area contributed by atoms with Gasteiger partial charge in [-0.25, -0.2) is 19.6 Å². The monoisotopic (exact) mass is 485 g/mol. The maximum Gasteiger partial charge on any atom is 0.356 e. The van der Waals surface area contributed by atoms with E-state index >= 15 is 0 Å². The van der Waals surface area contributed by atoms with Crippen molar-refractivity contribution in [3.8, 4) is 11.3 Å². The Morgan fingerprint density at radius 1 is 1.17 bits per heavy atom. The van der Waals surface area contributed by atoms with Crippen LogP contribution in [0.2, 0.25) is 0 Å². The standard InChI is InChI=1S/C20H16BrN5O3S/c1-2-29-18(27)16-11-30-20-24-15(10-26(16)20)12-3-6-14(7-4-12)23-19(28)25-17-8-5-13(21)9-22-17/h3-11H,2H2,1H3,(H2,22,23,25,28). The van der Waals surface area contributed by atoms with Gasteiger partial charge >= 0.3 is 12.0 Å². The molecule has 0 bridgehead atoms. The lowest BCUT2D eigenvalue weighted by atomic mass is 10.1. The third-order valence-corrected chi connectivity index (χ3v) is 5.41. The molecule has 2 N–H and O–H groups in total. The van der Waals surface area contributed by atoms with E-state index in [1.165, 1.54) is 11.3 Å². The van der Waals surface area contributed by atoms with Crippen LogP contribution in [-0.4, -0.2) is 33.0 Å². The number of imidazole rings is 1. The van der Waals surface area contributed by atoms with E-state index in [1.54, 1.807) is 53.4 Å². The number of nitrogens with zero attached hydrogens (tertiary/aromatic N) is 3. The first kappa shape index (κ1) is 20.0. The van der Waals surface area contributed by atoms with Crippen molar-refractivity contribution in [2.24, 2.45) is 0 Å². The highest BCUT2D eigenvalue weighted by Crippen LogP contribution is 2.25. The quantitative estimate of drug-likeness (QED) is 0.385. The molecule has 0 saturated heterocycles. The summed E-state index contributed by atoms with van der Waals surface area (Å²) in [7, 11) is 0. The second-order valence-electron chi connectivity index (χ2n) is 6.14. The number of carbonyl (C=O) groups excluding carboxylic acids is 2. The van der Waals surface area contributed by atoms with E-state index in [0.29, 0.717) is 28.8 Å². The van der Waals surface area contributed by atoms with Crippen LogP contribution in [0.4, 0.5) is 16.3 Å². The fraction of sp³-hybridized carbons (Fsp3) is 0.100. The molecule has 0 radical (unpaired) electrons. The van der Waals surface area contributed by atoms with Gasteiger partial charge in [0.25, 0.3) is 0 Å². The van der Waals surface area contributed by atoms with Gasteiger partial charge in [0.15, 0.2) is 4.96 Å². The first-order valence-corrected chi connectivity index (χ1v) is 10.6. The molecule has 0 aliphatic carbocycles. The Morgan fingerprint density at radius 3 is 2.67 bits per heavy atom. The van der Waals surface area contributed by atoms with E-state index in [2.05, 4.69) is 36.5 Å². The molecule has 10 heteroatoms. The maximum absolute atomic E-state index is 12.1. The van der Waals surface area contributed by atoms with Gasteiger partial charge in [-0.2, -0.15) is 0 Å². The summed E-state index contributed by atoms with van der Waals surface area (Å²) >= 11 is 4.67. The molecule has 4 rings (SSSR count). The Labute approximate surface area is 184 Å². The minimum Gasteiger partial charge on any atom is -0.461 e. The molecule has 0 aliphatic rings. The third kappa shape index (κ3) is 4.34. The molecule has 3 heterocycles. The van der Waals surface area contributed by atoms with Crippen LogP contribution in [0.25, 0.3) is 16.2 Å². The van der Waals surface area contributed by atoms with Gasteiger partial charge in [-0.1, -0.05) is 12.1 Å². The average Bonchev–Trinajstić information content (AvgIpc) is 3.31. The minimum atomic E-state index is -0.390. The number of carbonyl (C=O) groups is 2. The van der Waals surface area contributed by atoms with Crippen molar-refractivity contribution >= 4 is 55.7 Å². The summed E-state index contributed by atoms with van der Waals surface area (Å²) < 4.78 is 7.63. The number of fused-ring (bicyclic) bond motifs is 1. The first-order chi connectivity index (χ1) is 14.5. The van der Waals surface area contributed by atoms with Crippen LogP contribution >= 0.6 is 27.3 Å². The number of rotatable bonds is 5. The lowest BCUT2D eigenvalue weighted by Gasteiger charge is -2.07. The van der Waals surface area contributed by atoms with E-state index < -0.39 is 0 Å². The zero-order valence-electron chi connectivity index (χ0n) is 15.8. The van der Waals surface area contributed by atoms with Gasteiger partial charge in [-0.15, -0.1) is 11.3 Å². The number of hydrogen-bond donors (Lipinski definition) is 2. The van der Waals surface area contributed by atoms with Crippen molar-refractivity contribution in [1.82, 2.24) is 14.4 Å². The van der Waals surface area contributed by atoms with Crippen molar-refractivity contribution in [3.05, 3.63) is 64.3 Å². The van der Waals surface area contributed by atoms with E-state index in [0.717, 1.165) is 15.7 Å². The van der Waals surface area contributed by atoms with Gasteiger partial charge in [0.1, 0.15) is 11.5 Å². The minimum absolute atomic E-state index is 0.317. The van der Waals surface area contributed by atoms with Crippen LogP contribution in [-0.2, 0) is 4.74 Å². The summed E-state index contributed by atoms with van der Waals surface area (Å²) in [5.74, 6) is 0.0707. The molecule has 0 unspecified atom stereocenters. The van der Waals surface area contributed by atoms with Gasteiger partial charge in [0.2, 0.25) is 0 Å². The van der Waals surface area contributed by atoms with Crippen LogP contribution in [0.5, 0.6) is 0 Å². The maximum atomic E-state index is 12.1. The van der Waals surface area contributed by atoms with Gasteiger partial charge in [-0.05, 0) is 47.1 Å². The van der Waals surface area contributed by atoms with Crippen molar-refractivity contribution in [2.45, 2.75) is 6.92 Å². The molecular formula is C20H16BrN5O3S. The van der Waals surface area contributed by atoms with Crippen LogP contribution in [0.1, 0.15) is 17.4 Å². The highest BCUT2D eigenvalue weighted by atomic mass is 79.9. The second-order valence-corrected chi connectivity index (χ2v) is 7.89. The highest BCUT2D eigenvalue weighted by Gasteiger charge is 2.16. The number of nitrogens with one attached hydrogen (secondary N) is 2. The van der Waals surface area contributed by atoms with Crippen LogP contribution < -0.4 is 10.6 Å². The number of benzene rings is 1. The van der Waals surface area contributed by atoms with Gasteiger partial charge in [-0.3, -0.25) is 9.72 Å². The molecule has 0 saturated carbocycles. The number of amides is 2. The predicted octanol–water partition coefficient (Wildman–Crippen LogP) is 5.04. The fourth-order valence-corrected chi connectivity index (χ4v) is 3.80. The number of thiazole rings is 1. The molecule has 1 aromatic carbocycles. The zero-order valence-corrected chi connectivity index (χ0v) is 18.2. The molecule has 152 valence electrons. The van der Waals surface area contributed by atoms with E-state index in [-0.39, 0.29) is 12.0 Å². The molecule has 0 spiro atoms. The molecule has 4 aromatic rings. The Balaban J connectivity index is 1.46. The number of halogens is 1. The molecule has 2 amide bonds. The second kappa shape index (κ2) is 8.64. The zero-order chi connectivity index (χ0) is 21.1. The Bertz CT molecular complexity index is 1200. The van der Waals surface area contributed by atoms with E-state index in [4.69, 9.17) is 4.74 Å². The molecule has 0 atom stereocenters. The summed E-state index contributed by atoms with van der Waals surface area (Å²) in [6.45, 7) is 2.09. The summed E-state index contributed by atoms with van der Waals surface area (Å²) in [6, 6.07) is 10.4. The molecule has 0 fully saturated rings. The van der Waals surface area contributed by atoms with Crippen molar-refractivity contribution in [3.63, 3.8) is 0 Å². The topological polar surface area (TPSA) is 97.6 Å². The lowest BCUT2D eigenvalue weighted by Crippen LogP contribution is -2.19. The fourth-order valence-electron chi connectivity index (χ4n) is 2.73. The van der Waals surface area contributed by atoms with Crippen molar-refractivity contribution in [2.75, 3.05) is 17.2 Å².